The molecule has 1 atom stereocenters. The van der Waals surface area contributed by atoms with Gasteiger partial charge < -0.3 is 0 Å². The van der Waals surface area contributed by atoms with Gasteiger partial charge in [-0.05, 0) is 5.92 Å². The summed E-state index contributed by atoms with van der Waals surface area (Å²) in [4.78, 5) is 4.27. The molecule has 0 aromatic rings. The van der Waals surface area contributed by atoms with Crippen LogP contribution >= 0.6 is 0 Å². The van der Waals surface area contributed by atoms with Crippen molar-refractivity contribution in [2.24, 2.45) is 11.8 Å². The molecule has 0 saturated heterocycles. The molecule has 0 rings (SSSR count). The second kappa shape index (κ2) is 3.99. The molecule has 6 heteroatoms. The van der Waals surface area contributed by atoms with E-state index >= 15 is 0 Å². The van der Waals surface area contributed by atoms with E-state index in [1.54, 1.807) is 13.8 Å². The topological polar surface area (TPSA) is 69.4 Å². The Balaban J connectivity index is 4.10. The van der Waals surface area contributed by atoms with Crippen molar-refractivity contribution in [2.45, 2.75) is 20.0 Å². The first-order valence-corrected chi connectivity index (χ1v) is 4.70. The molecule has 2 N–H and O–H groups in total. The van der Waals surface area contributed by atoms with E-state index in [4.69, 9.17) is 5.90 Å². The highest BCUT2D eigenvalue weighted by atomic mass is 32.3. The highest BCUT2D eigenvalue weighted by molar-refractivity contribution is 7.86. The first-order valence-electron chi connectivity index (χ1n) is 3.14. The highest BCUT2D eigenvalue weighted by Crippen LogP contribution is 2.08. The predicted octanol–water partition coefficient (Wildman–Crippen LogP) is 0.201. The molecule has 1 unspecified atom stereocenters. The van der Waals surface area contributed by atoms with Crippen LogP contribution in [0.15, 0.2) is 0 Å². The van der Waals surface area contributed by atoms with Gasteiger partial charge in [-0.15, -0.1) is 3.89 Å². The molecule has 0 saturated carbocycles. The molecule has 0 aliphatic heterocycles. The molecule has 0 aromatic heterocycles. The van der Waals surface area contributed by atoms with Crippen LogP contribution in [0.3, 0.4) is 0 Å². The number of hydrogen-bond donors (Lipinski definition) is 1. The van der Waals surface area contributed by atoms with Crippen molar-refractivity contribution in [3.05, 3.63) is 0 Å². The van der Waals surface area contributed by atoms with Gasteiger partial charge in [0.2, 0.25) is 0 Å². The zero-order chi connectivity index (χ0) is 9.07. The van der Waals surface area contributed by atoms with Crippen LogP contribution in [0.25, 0.3) is 0 Å². The normalized spacial score (nSPS) is 15.4. The van der Waals surface area contributed by atoms with Crippen molar-refractivity contribution in [1.82, 2.24) is 0 Å². The zero-order valence-electron chi connectivity index (χ0n) is 6.45. The van der Waals surface area contributed by atoms with Gasteiger partial charge in [-0.3, -0.25) is 4.84 Å². The van der Waals surface area contributed by atoms with Crippen molar-refractivity contribution in [3.63, 3.8) is 0 Å². The molecule has 0 aliphatic rings. The molecule has 4 nitrogen and oxygen atoms in total. The van der Waals surface area contributed by atoms with Crippen LogP contribution in [0.4, 0.5) is 3.89 Å². The molecule has 0 radical (unpaired) electrons. The average molecular weight is 185 g/mol. The third kappa shape index (κ3) is 5.11. The van der Waals surface area contributed by atoms with Crippen molar-refractivity contribution in [3.8, 4) is 0 Å². The minimum atomic E-state index is -4.49. The zero-order valence-corrected chi connectivity index (χ0v) is 7.27. The number of halogens is 1. The third-order valence-electron chi connectivity index (χ3n) is 1.28. The van der Waals surface area contributed by atoms with Crippen LogP contribution in [-0.2, 0) is 15.1 Å². The molecule has 0 aromatic carbocycles. The SMILES string of the molecule is CC(C)C(CS(=O)(=O)F)ON. The lowest BCUT2D eigenvalue weighted by Crippen LogP contribution is -2.29. The number of rotatable bonds is 4. The summed E-state index contributed by atoms with van der Waals surface area (Å²) in [5.74, 6) is 3.95. The first kappa shape index (κ1) is 10.8. The second-order valence-corrected chi connectivity index (χ2v) is 4.04. The monoisotopic (exact) mass is 185 g/mol. The molecule has 0 heterocycles. The fourth-order valence-electron chi connectivity index (χ4n) is 0.585. The summed E-state index contributed by atoms with van der Waals surface area (Å²) < 4.78 is 32.2. The van der Waals surface area contributed by atoms with Crippen molar-refractivity contribution < 1.29 is 17.1 Å². The Bertz CT molecular complexity index is 202. The molecule has 0 spiro atoms. The van der Waals surface area contributed by atoms with Crippen LogP contribution in [0, 0.1) is 5.92 Å². The van der Waals surface area contributed by atoms with Crippen LogP contribution in [0.5, 0.6) is 0 Å². The fourth-order valence-corrected chi connectivity index (χ4v) is 1.44. The van der Waals surface area contributed by atoms with Crippen molar-refractivity contribution in [2.75, 3.05) is 5.75 Å². The maximum atomic E-state index is 12.0. The summed E-state index contributed by atoms with van der Waals surface area (Å²) in [5.41, 5.74) is 0. The highest BCUT2D eigenvalue weighted by Gasteiger charge is 2.21. The molecule has 0 bridgehead atoms. The lowest BCUT2D eigenvalue weighted by atomic mass is 10.1. The Morgan fingerprint density at radius 3 is 2.09 bits per heavy atom. The second-order valence-electron chi connectivity index (χ2n) is 2.62. The van der Waals surface area contributed by atoms with Gasteiger partial charge >= 0.3 is 10.2 Å². The van der Waals surface area contributed by atoms with E-state index in [2.05, 4.69) is 4.84 Å². The van der Waals surface area contributed by atoms with Crippen molar-refractivity contribution >= 4 is 10.2 Å². The van der Waals surface area contributed by atoms with E-state index < -0.39 is 22.1 Å². The molecular formula is C5H12FNO3S. The molecular weight excluding hydrogens is 173 g/mol. The van der Waals surface area contributed by atoms with E-state index in [1.807, 2.05) is 0 Å². The maximum absolute atomic E-state index is 12.0. The quantitative estimate of drug-likeness (QED) is 0.501. The van der Waals surface area contributed by atoms with Crippen LogP contribution < -0.4 is 5.90 Å². The van der Waals surface area contributed by atoms with Gasteiger partial charge in [0.1, 0.15) is 5.75 Å². The minimum absolute atomic E-state index is 0.120. The molecule has 11 heavy (non-hydrogen) atoms. The van der Waals surface area contributed by atoms with Gasteiger partial charge in [-0.2, -0.15) is 8.42 Å². The van der Waals surface area contributed by atoms with Crippen molar-refractivity contribution in [1.29, 1.82) is 0 Å². The van der Waals surface area contributed by atoms with Gasteiger partial charge in [0.05, 0.1) is 6.10 Å². The van der Waals surface area contributed by atoms with Gasteiger partial charge in [0, 0.05) is 0 Å². The largest absolute Gasteiger partial charge is 0.305 e. The number of hydrogen-bond acceptors (Lipinski definition) is 4. The summed E-state index contributed by atoms with van der Waals surface area (Å²) in [6.07, 6.45) is -0.773. The Hall–Kier alpha value is -0.200. The molecule has 0 aliphatic carbocycles. The maximum Gasteiger partial charge on any atom is 0.305 e. The van der Waals surface area contributed by atoms with E-state index in [1.165, 1.54) is 0 Å². The van der Waals surface area contributed by atoms with E-state index in [0.29, 0.717) is 0 Å². The third-order valence-corrected chi connectivity index (χ3v) is 2.01. The van der Waals surface area contributed by atoms with Crippen LogP contribution in [0.1, 0.15) is 13.8 Å². The smallest absolute Gasteiger partial charge is 0.300 e. The van der Waals surface area contributed by atoms with Gasteiger partial charge in [0.15, 0.2) is 0 Å². The summed E-state index contributed by atoms with van der Waals surface area (Å²) in [5, 5.41) is 0. The summed E-state index contributed by atoms with van der Waals surface area (Å²) in [6, 6.07) is 0. The lowest BCUT2D eigenvalue weighted by Gasteiger charge is -2.15. The average Bonchev–Trinajstić information content (AvgIpc) is 1.80. The number of nitrogens with two attached hydrogens (primary N) is 1. The molecule has 0 amide bonds. The Morgan fingerprint density at radius 2 is 2.00 bits per heavy atom. The Morgan fingerprint density at radius 1 is 1.55 bits per heavy atom. The molecule has 68 valence electrons. The summed E-state index contributed by atoms with van der Waals surface area (Å²) in [6.45, 7) is 3.39. The first-order chi connectivity index (χ1) is 4.87. The lowest BCUT2D eigenvalue weighted by molar-refractivity contribution is 0.0368. The van der Waals surface area contributed by atoms with Gasteiger partial charge in [-0.1, -0.05) is 13.8 Å². The fraction of sp³-hybridized carbons (Fsp3) is 1.00. The van der Waals surface area contributed by atoms with Crippen LogP contribution in [0.2, 0.25) is 0 Å². The standard InChI is InChI=1S/C5H12FNO3S/c1-4(2)5(10-7)3-11(6,8)9/h4-5H,3,7H2,1-2H3. The summed E-state index contributed by atoms with van der Waals surface area (Å²) >= 11 is 0. The van der Waals surface area contributed by atoms with Gasteiger partial charge in [0.25, 0.3) is 0 Å². The van der Waals surface area contributed by atoms with Gasteiger partial charge in [-0.25, -0.2) is 5.90 Å². The van der Waals surface area contributed by atoms with E-state index in [0.717, 1.165) is 0 Å². The summed E-state index contributed by atoms with van der Waals surface area (Å²) in [7, 11) is -4.49. The molecule has 0 fully saturated rings. The Labute approximate surface area is 65.7 Å². The van der Waals surface area contributed by atoms with E-state index in [9.17, 15) is 12.3 Å². The minimum Gasteiger partial charge on any atom is -0.300 e. The Kier molecular flexibility index (Phi) is 3.91. The van der Waals surface area contributed by atoms with Crippen LogP contribution in [-0.4, -0.2) is 20.3 Å². The predicted molar refractivity (Wildman–Crippen MR) is 38.8 cm³/mol. The van der Waals surface area contributed by atoms with E-state index in [-0.39, 0.29) is 5.92 Å².